The Labute approximate surface area is 187 Å². The maximum Gasteiger partial charge on any atom is 0.234 e. The molecule has 30 heavy (non-hydrogen) atoms. The lowest BCUT2D eigenvalue weighted by Gasteiger charge is -2.10. The zero-order valence-corrected chi connectivity index (χ0v) is 19.0. The zero-order valence-electron chi connectivity index (χ0n) is 16.6. The lowest BCUT2D eigenvalue weighted by atomic mass is 10.2. The molecular formula is C21H21BrN4O3S. The van der Waals surface area contributed by atoms with E-state index in [2.05, 4.69) is 37.9 Å². The van der Waals surface area contributed by atoms with Crippen molar-refractivity contribution in [2.45, 2.75) is 11.7 Å². The van der Waals surface area contributed by atoms with Crippen molar-refractivity contribution in [1.82, 2.24) is 14.8 Å². The maximum absolute atomic E-state index is 12.4. The van der Waals surface area contributed by atoms with E-state index < -0.39 is 0 Å². The molecule has 1 N–H and O–H groups in total. The maximum atomic E-state index is 12.4. The molecule has 9 heteroatoms. The van der Waals surface area contributed by atoms with Gasteiger partial charge < -0.3 is 14.8 Å². The molecule has 3 rings (SSSR count). The van der Waals surface area contributed by atoms with E-state index in [1.54, 1.807) is 43.2 Å². The van der Waals surface area contributed by atoms with Crippen molar-refractivity contribution in [2.75, 3.05) is 25.3 Å². The van der Waals surface area contributed by atoms with Crippen molar-refractivity contribution < 1.29 is 14.3 Å². The van der Waals surface area contributed by atoms with E-state index in [1.165, 1.54) is 11.8 Å². The number of halogens is 1. The minimum atomic E-state index is -0.169. The smallest absolute Gasteiger partial charge is 0.234 e. The Balaban J connectivity index is 1.68. The molecule has 2 aromatic carbocycles. The number of hydrogen-bond acceptors (Lipinski definition) is 6. The van der Waals surface area contributed by atoms with Crippen molar-refractivity contribution in [2.24, 2.45) is 0 Å². The van der Waals surface area contributed by atoms with Crippen LogP contribution in [0.4, 0.5) is 5.69 Å². The fourth-order valence-corrected chi connectivity index (χ4v) is 3.59. The van der Waals surface area contributed by atoms with E-state index in [1.807, 2.05) is 24.3 Å². The van der Waals surface area contributed by atoms with Gasteiger partial charge in [-0.2, -0.15) is 0 Å². The van der Waals surface area contributed by atoms with Crippen LogP contribution in [0.2, 0.25) is 0 Å². The molecule has 0 aliphatic heterocycles. The number of thioether (sulfide) groups is 1. The Hall–Kier alpha value is -2.78. The number of nitrogens with zero attached hydrogens (tertiary/aromatic N) is 3. The van der Waals surface area contributed by atoms with Crippen molar-refractivity contribution in [3.63, 3.8) is 0 Å². The van der Waals surface area contributed by atoms with E-state index >= 15 is 0 Å². The average Bonchev–Trinajstić information content (AvgIpc) is 3.16. The predicted octanol–water partition coefficient (Wildman–Crippen LogP) is 4.64. The molecule has 0 saturated carbocycles. The molecule has 0 bridgehead atoms. The number of allylic oxidation sites excluding steroid dienone is 1. The first-order chi connectivity index (χ1) is 14.5. The van der Waals surface area contributed by atoms with Gasteiger partial charge in [-0.05, 0) is 24.3 Å². The van der Waals surface area contributed by atoms with E-state index in [0.29, 0.717) is 28.9 Å². The van der Waals surface area contributed by atoms with Crippen LogP contribution in [0.3, 0.4) is 0 Å². The van der Waals surface area contributed by atoms with Crippen LogP contribution < -0.4 is 14.8 Å². The molecule has 7 nitrogen and oxygen atoms in total. The Kier molecular flexibility index (Phi) is 7.53. The van der Waals surface area contributed by atoms with Gasteiger partial charge in [0.15, 0.2) is 17.3 Å². The largest absolute Gasteiger partial charge is 0.493 e. The van der Waals surface area contributed by atoms with Crippen LogP contribution in [-0.2, 0) is 11.3 Å². The first-order valence-electron chi connectivity index (χ1n) is 9.00. The van der Waals surface area contributed by atoms with Crippen LogP contribution in [0.15, 0.2) is 64.7 Å². The van der Waals surface area contributed by atoms with E-state index in [0.717, 1.165) is 15.9 Å². The molecule has 1 heterocycles. The number of ether oxygens (including phenoxy) is 2. The van der Waals surface area contributed by atoms with E-state index in [9.17, 15) is 4.79 Å². The van der Waals surface area contributed by atoms with Crippen LogP contribution >= 0.6 is 27.7 Å². The van der Waals surface area contributed by atoms with E-state index in [4.69, 9.17) is 9.47 Å². The molecule has 3 aromatic rings. The van der Waals surface area contributed by atoms with Crippen LogP contribution in [0.25, 0.3) is 11.4 Å². The third kappa shape index (κ3) is 5.43. The van der Waals surface area contributed by atoms with Gasteiger partial charge in [0.25, 0.3) is 0 Å². The first kappa shape index (κ1) is 21.9. The highest BCUT2D eigenvalue weighted by atomic mass is 79.9. The Bertz CT molecular complexity index is 1040. The van der Waals surface area contributed by atoms with Gasteiger partial charge in [-0.1, -0.05) is 45.9 Å². The number of hydrogen-bond donors (Lipinski definition) is 1. The van der Waals surface area contributed by atoms with Gasteiger partial charge in [0.05, 0.1) is 26.5 Å². The summed E-state index contributed by atoms with van der Waals surface area (Å²) in [5.74, 6) is 1.88. The van der Waals surface area contributed by atoms with Gasteiger partial charge in [-0.15, -0.1) is 11.7 Å². The molecule has 0 spiro atoms. The Morgan fingerprint density at radius 3 is 2.60 bits per heavy atom. The quantitative estimate of drug-likeness (QED) is 0.349. The molecule has 0 radical (unpaired) electrons. The van der Waals surface area contributed by atoms with Crippen molar-refractivity contribution in [1.29, 1.82) is 0 Å². The molecule has 0 aliphatic carbocycles. The third-order valence-electron chi connectivity index (χ3n) is 4.06. The molecule has 0 saturated heterocycles. The monoisotopic (exact) mass is 488 g/mol. The van der Waals surface area contributed by atoms with Gasteiger partial charge in [-0.25, -0.2) is 9.67 Å². The van der Waals surface area contributed by atoms with Crippen LogP contribution in [0.5, 0.6) is 11.5 Å². The topological polar surface area (TPSA) is 78.3 Å². The lowest BCUT2D eigenvalue weighted by molar-refractivity contribution is -0.113. The molecule has 0 fully saturated rings. The number of nitrogens with one attached hydrogen (secondary N) is 1. The van der Waals surface area contributed by atoms with Gasteiger partial charge in [0.2, 0.25) is 11.1 Å². The number of benzene rings is 2. The summed E-state index contributed by atoms with van der Waals surface area (Å²) in [7, 11) is 3.11. The summed E-state index contributed by atoms with van der Waals surface area (Å²) in [6.45, 7) is 4.30. The molecule has 0 atom stereocenters. The minimum absolute atomic E-state index is 0.169. The van der Waals surface area contributed by atoms with Gasteiger partial charge in [0, 0.05) is 21.8 Å². The van der Waals surface area contributed by atoms with Crippen LogP contribution in [0.1, 0.15) is 0 Å². The second-order valence-electron chi connectivity index (χ2n) is 6.10. The number of rotatable bonds is 9. The first-order valence-corrected chi connectivity index (χ1v) is 10.8. The number of anilines is 1. The lowest BCUT2D eigenvalue weighted by Crippen LogP contribution is -2.14. The van der Waals surface area contributed by atoms with Gasteiger partial charge >= 0.3 is 0 Å². The van der Waals surface area contributed by atoms with Crippen molar-refractivity contribution >= 4 is 39.3 Å². The third-order valence-corrected chi connectivity index (χ3v) is 5.42. The summed E-state index contributed by atoms with van der Waals surface area (Å²) < 4.78 is 13.2. The van der Waals surface area contributed by atoms with E-state index in [-0.39, 0.29) is 11.7 Å². The summed E-state index contributed by atoms with van der Waals surface area (Å²) in [6.07, 6.45) is 1.76. The SMILES string of the molecule is C=CCn1nc(SCC(=O)Nc2ccc(OC)c(OC)c2)nc1-c1ccc(Br)cc1. The zero-order chi connectivity index (χ0) is 21.5. The molecule has 1 aromatic heterocycles. The molecular weight excluding hydrogens is 468 g/mol. The number of methoxy groups -OCH3 is 2. The fraction of sp³-hybridized carbons (Fsp3) is 0.190. The van der Waals surface area contributed by atoms with Gasteiger partial charge in [0.1, 0.15) is 0 Å². The Morgan fingerprint density at radius 2 is 1.93 bits per heavy atom. The summed E-state index contributed by atoms with van der Waals surface area (Å²) in [6, 6.07) is 13.0. The number of carbonyl (C=O) groups is 1. The summed E-state index contributed by atoms with van der Waals surface area (Å²) >= 11 is 4.70. The van der Waals surface area contributed by atoms with Crippen molar-refractivity contribution in [3.8, 4) is 22.9 Å². The average molecular weight is 489 g/mol. The number of carbonyl (C=O) groups excluding carboxylic acids is 1. The standard InChI is InChI=1S/C21H21BrN4O3S/c1-4-11-26-20(14-5-7-15(22)8-6-14)24-21(25-26)30-13-19(27)23-16-9-10-17(28-2)18(12-16)29-3/h4-10,12H,1,11,13H2,2-3H3,(H,23,27). The minimum Gasteiger partial charge on any atom is -0.493 e. The summed E-state index contributed by atoms with van der Waals surface area (Å²) in [5.41, 5.74) is 1.56. The second kappa shape index (κ2) is 10.3. The highest BCUT2D eigenvalue weighted by Crippen LogP contribution is 2.30. The Morgan fingerprint density at radius 1 is 1.20 bits per heavy atom. The molecule has 0 aliphatic rings. The van der Waals surface area contributed by atoms with Crippen molar-refractivity contribution in [3.05, 3.63) is 59.6 Å². The highest BCUT2D eigenvalue weighted by Gasteiger charge is 2.14. The second-order valence-corrected chi connectivity index (χ2v) is 7.96. The number of aromatic nitrogens is 3. The molecule has 156 valence electrons. The highest BCUT2D eigenvalue weighted by molar-refractivity contribution is 9.10. The van der Waals surface area contributed by atoms with Crippen LogP contribution in [-0.4, -0.2) is 40.6 Å². The number of amides is 1. The van der Waals surface area contributed by atoms with Crippen LogP contribution in [0, 0.1) is 0 Å². The normalized spacial score (nSPS) is 10.5. The molecule has 0 unspecified atom stereocenters. The summed E-state index contributed by atoms with van der Waals surface area (Å²) in [4.78, 5) is 17.0. The van der Waals surface area contributed by atoms with Gasteiger partial charge in [-0.3, -0.25) is 4.79 Å². The predicted molar refractivity (Wildman–Crippen MR) is 122 cm³/mol. The fourth-order valence-electron chi connectivity index (χ4n) is 2.69. The summed E-state index contributed by atoms with van der Waals surface area (Å²) in [5, 5.41) is 7.87. The molecule has 1 amide bonds.